The van der Waals surface area contributed by atoms with Crippen LogP contribution < -0.4 is 4.74 Å². The van der Waals surface area contributed by atoms with Gasteiger partial charge in [0, 0.05) is 5.39 Å². The first-order valence-electron chi connectivity index (χ1n) is 9.29. The van der Waals surface area contributed by atoms with Gasteiger partial charge in [0.1, 0.15) is 11.6 Å². The SMILES string of the molecule is O=C(COc1ccc(F)cc1)N=Nc1c(O)n(Cc2ccccc2)c2ccccc12. The molecule has 150 valence electrons. The zero-order valence-electron chi connectivity index (χ0n) is 15.9. The van der Waals surface area contributed by atoms with Crippen LogP contribution in [0.2, 0.25) is 0 Å². The average molecular weight is 403 g/mol. The molecule has 0 aliphatic rings. The smallest absolute Gasteiger partial charge is 0.302 e. The highest BCUT2D eigenvalue weighted by Gasteiger charge is 2.17. The highest BCUT2D eigenvalue weighted by molar-refractivity contribution is 5.95. The van der Waals surface area contributed by atoms with Crippen LogP contribution in [0, 0.1) is 5.82 Å². The van der Waals surface area contributed by atoms with Gasteiger partial charge in [0.05, 0.1) is 12.1 Å². The Morgan fingerprint density at radius 3 is 2.43 bits per heavy atom. The van der Waals surface area contributed by atoms with E-state index in [1.807, 2.05) is 54.6 Å². The zero-order chi connectivity index (χ0) is 20.9. The third-order valence-corrected chi connectivity index (χ3v) is 4.54. The maximum atomic E-state index is 12.9. The topological polar surface area (TPSA) is 76.2 Å². The Morgan fingerprint density at radius 1 is 0.967 bits per heavy atom. The number of halogens is 1. The molecule has 1 N–H and O–H groups in total. The quantitative estimate of drug-likeness (QED) is 0.448. The lowest BCUT2D eigenvalue weighted by molar-refractivity contribution is -0.120. The van der Waals surface area contributed by atoms with Crippen molar-refractivity contribution >= 4 is 22.5 Å². The molecule has 4 aromatic rings. The summed E-state index contributed by atoms with van der Waals surface area (Å²) in [6, 6.07) is 22.4. The number of carbonyl (C=O) groups excluding carboxylic acids is 1. The van der Waals surface area contributed by atoms with Crippen LogP contribution in [0.5, 0.6) is 11.6 Å². The number of para-hydroxylation sites is 1. The van der Waals surface area contributed by atoms with Gasteiger partial charge in [-0.25, -0.2) is 4.39 Å². The van der Waals surface area contributed by atoms with E-state index in [2.05, 4.69) is 10.2 Å². The minimum Gasteiger partial charge on any atom is -0.493 e. The normalized spacial score (nSPS) is 11.2. The predicted molar refractivity (Wildman–Crippen MR) is 111 cm³/mol. The number of carbonyl (C=O) groups is 1. The van der Waals surface area contributed by atoms with Crippen LogP contribution in [-0.4, -0.2) is 22.2 Å². The molecule has 1 amide bonds. The van der Waals surface area contributed by atoms with Crippen molar-refractivity contribution in [3.8, 4) is 11.6 Å². The van der Waals surface area contributed by atoms with E-state index in [0.717, 1.165) is 11.1 Å². The lowest BCUT2D eigenvalue weighted by Crippen LogP contribution is -2.07. The van der Waals surface area contributed by atoms with E-state index in [1.165, 1.54) is 24.3 Å². The van der Waals surface area contributed by atoms with Crippen LogP contribution >= 0.6 is 0 Å². The molecule has 0 spiro atoms. The summed E-state index contributed by atoms with van der Waals surface area (Å²) < 4.78 is 19.9. The highest BCUT2D eigenvalue weighted by Crippen LogP contribution is 2.39. The van der Waals surface area contributed by atoms with Gasteiger partial charge in [-0.2, -0.15) is 0 Å². The van der Waals surface area contributed by atoms with Crippen molar-refractivity contribution in [3.63, 3.8) is 0 Å². The molecule has 3 aromatic carbocycles. The van der Waals surface area contributed by atoms with E-state index in [4.69, 9.17) is 4.74 Å². The zero-order valence-corrected chi connectivity index (χ0v) is 15.9. The molecule has 0 aliphatic heterocycles. The molecule has 1 heterocycles. The summed E-state index contributed by atoms with van der Waals surface area (Å²) in [6.45, 7) is 0.100. The van der Waals surface area contributed by atoms with Gasteiger partial charge >= 0.3 is 5.91 Å². The second-order valence-electron chi connectivity index (χ2n) is 6.60. The number of fused-ring (bicyclic) bond motifs is 1. The number of hydrogen-bond acceptors (Lipinski definition) is 4. The lowest BCUT2D eigenvalue weighted by Gasteiger charge is -2.06. The largest absolute Gasteiger partial charge is 0.493 e. The molecule has 6 nitrogen and oxygen atoms in total. The summed E-state index contributed by atoms with van der Waals surface area (Å²) in [5, 5.41) is 19.1. The summed E-state index contributed by atoms with van der Waals surface area (Å²) in [6.07, 6.45) is 0. The van der Waals surface area contributed by atoms with Crippen molar-refractivity contribution in [2.45, 2.75) is 6.54 Å². The van der Waals surface area contributed by atoms with Crippen molar-refractivity contribution in [2.24, 2.45) is 10.2 Å². The van der Waals surface area contributed by atoms with Gasteiger partial charge in [0.15, 0.2) is 12.3 Å². The average Bonchev–Trinajstić information content (AvgIpc) is 3.03. The monoisotopic (exact) mass is 403 g/mol. The molecule has 0 fully saturated rings. The molecule has 1 aromatic heterocycles. The number of aromatic nitrogens is 1. The molecule has 0 radical (unpaired) electrons. The molecular formula is C23H18FN3O3. The Labute approximate surface area is 171 Å². The fourth-order valence-corrected chi connectivity index (χ4v) is 3.11. The molecule has 0 unspecified atom stereocenters. The number of hydrogen-bond donors (Lipinski definition) is 1. The van der Waals surface area contributed by atoms with Gasteiger partial charge in [-0.05, 0) is 35.9 Å². The standard InChI is InChI=1S/C23H18FN3O3/c24-17-10-12-18(13-11-17)30-15-21(28)25-26-22-19-8-4-5-9-20(19)27(23(22)29)14-16-6-2-1-3-7-16/h1-13,29H,14-15H2. The van der Waals surface area contributed by atoms with Gasteiger partial charge in [-0.1, -0.05) is 48.5 Å². The van der Waals surface area contributed by atoms with E-state index >= 15 is 0 Å². The van der Waals surface area contributed by atoms with Gasteiger partial charge in [-0.3, -0.25) is 4.79 Å². The third kappa shape index (κ3) is 4.20. The van der Waals surface area contributed by atoms with Gasteiger partial charge in [-0.15, -0.1) is 10.2 Å². The van der Waals surface area contributed by atoms with Gasteiger partial charge in [0.2, 0.25) is 5.88 Å². The van der Waals surface area contributed by atoms with E-state index in [0.29, 0.717) is 17.7 Å². The second kappa shape index (κ2) is 8.57. The first-order valence-corrected chi connectivity index (χ1v) is 9.29. The maximum absolute atomic E-state index is 12.9. The van der Waals surface area contributed by atoms with Crippen molar-refractivity contribution in [1.82, 2.24) is 4.57 Å². The highest BCUT2D eigenvalue weighted by atomic mass is 19.1. The van der Waals surface area contributed by atoms with Crippen LogP contribution in [0.25, 0.3) is 10.9 Å². The Bertz CT molecular complexity index is 1200. The summed E-state index contributed by atoms with van der Waals surface area (Å²) in [7, 11) is 0. The fraction of sp³-hybridized carbons (Fsp3) is 0.0870. The maximum Gasteiger partial charge on any atom is 0.302 e. The molecule has 0 saturated carbocycles. The minimum absolute atomic E-state index is 0.0731. The number of azo groups is 1. The predicted octanol–water partition coefficient (Wildman–Crippen LogP) is 5.22. The van der Waals surface area contributed by atoms with Crippen LogP contribution in [0.4, 0.5) is 10.1 Å². The Kier molecular flexibility index (Phi) is 5.52. The van der Waals surface area contributed by atoms with Crippen molar-refractivity contribution in [2.75, 3.05) is 6.61 Å². The lowest BCUT2D eigenvalue weighted by atomic mass is 10.2. The number of benzene rings is 3. The number of nitrogens with zero attached hydrogens (tertiary/aromatic N) is 3. The van der Waals surface area contributed by atoms with Gasteiger partial charge in [0.25, 0.3) is 0 Å². The summed E-state index contributed by atoms with van der Waals surface area (Å²) in [4.78, 5) is 12.1. The molecule has 0 bridgehead atoms. The number of amides is 1. The van der Waals surface area contributed by atoms with E-state index in [1.54, 1.807) is 4.57 Å². The molecule has 0 saturated heterocycles. The number of ether oxygens (including phenoxy) is 1. The minimum atomic E-state index is -0.626. The van der Waals surface area contributed by atoms with Crippen LogP contribution in [0.3, 0.4) is 0 Å². The third-order valence-electron chi connectivity index (χ3n) is 4.54. The molecule has 30 heavy (non-hydrogen) atoms. The van der Waals surface area contributed by atoms with E-state index < -0.39 is 11.7 Å². The Balaban J connectivity index is 1.55. The van der Waals surface area contributed by atoms with Crippen molar-refractivity contribution in [1.29, 1.82) is 0 Å². The molecule has 4 rings (SSSR count). The van der Waals surface area contributed by atoms with Crippen LogP contribution in [-0.2, 0) is 11.3 Å². The number of aromatic hydroxyl groups is 1. The van der Waals surface area contributed by atoms with Crippen LogP contribution in [0.15, 0.2) is 89.1 Å². The molecule has 7 heteroatoms. The Hall–Kier alpha value is -4.00. The van der Waals surface area contributed by atoms with Crippen molar-refractivity contribution in [3.05, 3.63) is 90.2 Å². The summed E-state index contributed by atoms with van der Waals surface area (Å²) in [5.41, 5.74) is 2.01. The van der Waals surface area contributed by atoms with Gasteiger partial charge < -0.3 is 14.4 Å². The molecule has 0 aliphatic carbocycles. The van der Waals surface area contributed by atoms with E-state index in [9.17, 15) is 14.3 Å². The van der Waals surface area contributed by atoms with E-state index in [-0.39, 0.29) is 18.2 Å². The molecule has 0 atom stereocenters. The second-order valence-corrected chi connectivity index (χ2v) is 6.60. The number of rotatable bonds is 6. The first kappa shape index (κ1) is 19.3. The molecular weight excluding hydrogens is 385 g/mol. The summed E-state index contributed by atoms with van der Waals surface area (Å²) in [5.74, 6) is -0.743. The van der Waals surface area contributed by atoms with Crippen molar-refractivity contribution < 1.29 is 19.0 Å². The summed E-state index contributed by atoms with van der Waals surface area (Å²) >= 11 is 0. The first-order chi connectivity index (χ1) is 14.6. The Morgan fingerprint density at radius 2 is 1.67 bits per heavy atom. The van der Waals surface area contributed by atoms with Crippen LogP contribution in [0.1, 0.15) is 5.56 Å². The fourth-order valence-electron chi connectivity index (χ4n) is 3.11.